The summed E-state index contributed by atoms with van der Waals surface area (Å²) in [6.45, 7) is 11.7. The Balaban J connectivity index is 2.21. The second kappa shape index (κ2) is 5.45. The summed E-state index contributed by atoms with van der Waals surface area (Å²) in [7, 11) is 0. The summed E-state index contributed by atoms with van der Waals surface area (Å²) in [4.78, 5) is 4.74. The lowest BCUT2D eigenvalue weighted by molar-refractivity contribution is 0.566. The van der Waals surface area contributed by atoms with E-state index in [-0.39, 0.29) is 5.41 Å². The fraction of sp³-hybridized carbons (Fsp3) is 0.600. The zero-order valence-electron chi connectivity index (χ0n) is 12.5. The summed E-state index contributed by atoms with van der Waals surface area (Å²) in [5, 5.41) is 7.97. The van der Waals surface area contributed by atoms with Crippen LogP contribution in [-0.2, 0) is 24.8 Å². The lowest BCUT2D eigenvalue weighted by atomic mass is 9.93. The highest BCUT2D eigenvalue weighted by molar-refractivity contribution is 7.09. The number of nitrogens with zero attached hydrogens (tertiary/aromatic N) is 3. The van der Waals surface area contributed by atoms with Gasteiger partial charge in [0.15, 0.2) is 0 Å². The fourth-order valence-electron chi connectivity index (χ4n) is 1.97. The SMILES string of the molecule is CCc1cc(CC)n(Cc2nc(C(C)(C)C)cs2)n1. The summed E-state index contributed by atoms with van der Waals surface area (Å²) in [5.74, 6) is 0. The van der Waals surface area contributed by atoms with Gasteiger partial charge in [0.1, 0.15) is 5.01 Å². The molecule has 104 valence electrons. The van der Waals surface area contributed by atoms with Gasteiger partial charge in [0, 0.05) is 16.5 Å². The van der Waals surface area contributed by atoms with Crippen LogP contribution in [0.3, 0.4) is 0 Å². The van der Waals surface area contributed by atoms with E-state index in [1.165, 1.54) is 17.1 Å². The van der Waals surface area contributed by atoms with Gasteiger partial charge in [-0.3, -0.25) is 4.68 Å². The molecule has 0 N–H and O–H groups in total. The van der Waals surface area contributed by atoms with Crippen LogP contribution in [0, 0.1) is 0 Å². The van der Waals surface area contributed by atoms with Crippen molar-refractivity contribution in [1.82, 2.24) is 14.8 Å². The Morgan fingerprint density at radius 2 is 1.95 bits per heavy atom. The van der Waals surface area contributed by atoms with Gasteiger partial charge in [0.05, 0.1) is 17.9 Å². The van der Waals surface area contributed by atoms with E-state index in [1.54, 1.807) is 11.3 Å². The third kappa shape index (κ3) is 3.24. The fourth-order valence-corrected chi connectivity index (χ4v) is 2.97. The minimum Gasteiger partial charge on any atom is -0.262 e. The molecule has 4 heteroatoms. The standard InChI is InChI=1S/C15H23N3S/c1-6-11-8-12(7-2)18(17-11)9-14-16-13(10-19-14)15(3,4)5/h8,10H,6-7,9H2,1-5H3. The molecule has 0 unspecified atom stereocenters. The van der Waals surface area contributed by atoms with E-state index >= 15 is 0 Å². The van der Waals surface area contributed by atoms with Crippen molar-refractivity contribution in [3.63, 3.8) is 0 Å². The summed E-state index contributed by atoms with van der Waals surface area (Å²) in [5.41, 5.74) is 3.77. The van der Waals surface area contributed by atoms with Crippen LogP contribution in [0.15, 0.2) is 11.4 Å². The van der Waals surface area contributed by atoms with E-state index in [2.05, 4.69) is 55.8 Å². The average molecular weight is 277 g/mol. The average Bonchev–Trinajstić information content (AvgIpc) is 2.95. The van der Waals surface area contributed by atoms with Gasteiger partial charge in [-0.25, -0.2) is 4.98 Å². The summed E-state index contributed by atoms with van der Waals surface area (Å²) in [6, 6.07) is 2.21. The van der Waals surface area contributed by atoms with Crippen molar-refractivity contribution in [2.45, 2.75) is 59.4 Å². The van der Waals surface area contributed by atoms with Gasteiger partial charge in [-0.15, -0.1) is 11.3 Å². The molecule has 0 saturated carbocycles. The van der Waals surface area contributed by atoms with Crippen LogP contribution in [0.25, 0.3) is 0 Å². The molecule has 0 amide bonds. The quantitative estimate of drug-likeness (QED) is 0.851. The van der Waals surface area contributed by atoms with E-state index in [0.717, 1.165) is 24.4 Å². The van der Waals surface area contributed by atoms with Crippen LogP contribution in [0.2, 0.25) is 0 Å². The normalized spacial score (nSPS) is 12.1. The lowest BCUT2D eigenvalue weighted by Gasteiger charge is -2.14. The Morgan fingerprint density at radius 1 is 1.21 bits per heavy atom. The number of aryl methyl sites for hydroxylation is 2. The van der Waals surface area contributed by atoms with E-state index in [1.807, 2.05) is 0 Å². The minimum atomic E-state index is 0.126. The summed E-state index contributed by atoms with van der Waals surface area (Å²) < 4.78 is 2.10. The first-order valence-electron chi connectivity index (χ1n) is 6.94. The maximum atomic E-state index is 4.74. The molecule has 19 heavy (non-hydrogen) atoms. The van der Waals surface area contributed by atoms with Gasteiger partial charge in [0.2, 0.25) is 0 Å². The molecular weight excluding hydrogens is 254 g/mol. The van der Waals surface area contributed by atoms with Crippen molar-refractivity contribution in [1.29, 1.82) is 0 Å². The highest BCUT2D eigenvalue weighted by atomic mass is 32.1. The lowest BCUT2D eigenvalue weighted by Crippen LogP contribution is -2.12. The van der Waals surface area contributed by atoms with Gasteiger partial charge in [-0.1, -0.05) is 34.6 Å². The highest BCUT2D eigenvalue weighted by Gasteiger charge is 2.18. The molecule has 0 aromatic carbocycles. The minimum absolute atomic E-state index is 0.126. The molecule has 0 atom stereocenters. The van der Waals surface area contributed by atoms with Crippen LogP contribution < -0.4 is 0 Å². The first-order valence-corrected chi connectivity index (χ1v) is 7.82. The zero-order valence-corrected chi connectivity index (χ0v) is 13.3. The van der Waals surface area contributed by atoms with Crippen molar-refractivity contribution in [2.75, 3.05) is 0 Å². The molecule has 0 fully saturated rings. The van der Waals surface area contributed by atoms with Crippen molar-refractivity contribution < 1.29 is 0 Å². The van der Waals surface area contributed by atoms with Crippen LogP contribution in [-0.4, -0.2) is 14.8 Å². The molecule has 0 radical (unpaired) electrons. The first-order chi connectivity index (χ1) is 8.94. The van der Waals surface area contributed by atoms with Gasteiger partial charge in [-0.05, 0) is 18.9 Å². The van der Waals surface area contributed by atoms with E-state index < -0.39 is 0 Å². The molecule has 2 aromatic heterocycles. The second-order valence-corrected chi connectivity index (χ2v) is 6.81. The molecule has 3 nitrogen and oxygen atoms in total. The topological polar surface area (TPSA) is 30.7 Å². The predicted octanol–water partition coefficient (Wildman–Crippen LogP) is 3.81. The molecule has 0 spiro atoms. The molecule has 2 heterocycles. The smallest absolute Gasteiger partial charge is 0.114 e. The highest BCUT2D eigenvalue weighted by Crippen LogP contribution is 2.24. The Kier molecular flexibility index (Phi) is 4.09. The molecule has 0 bridgehead atoms. The summed E-state index contributed by atoms with van der Waals surface area (Å²) in [6.07, 6.45) is 2.01. The number of rotatable bonds is 4. The monoisotopic (exact) mass is 277 g/mol. The van der Waals surface area contributed by atoms with E-state index in [9.17, 15) is 0 Å². The Hall–Kier alpha value is -1.16. The zero-order chi connectivity index (χ0) is 14.0. The maximum absolute atomic E-state index is 4.74. The number of aromatic nitrogens is 3. The van der Waals surface area contributed by atoms with Crippen LogP contribution in [0.5, 0.6) is 0 Å². The summed E-state index contributed by atoms with van der Waals surface area (Å²) >= 11 is 1.74. The van der Waals surface area contributed by atoms with Crippen molar-refractivity contribution in [3.05, 3.63) is 33.5 Å². The number of thiazole rings is 1. The molecule has 0 aliphatic rings. The molecule has 2 rings (SSSR count). The molecule has 0 saturated heterocycles. The van der Waals surface area contributed by atoms with Crippen LogP contribution >= 0.6 is 11.3 Å². The van der Waals surface area contributed by atoms with Crippen molar-refractivity contribution in [2.24, 2.45) is 0 Å². The molecule has 0 aliphatic heterocycles. The third-order valence-electron chi connectivity index (χ3n) is 3.24. The number of hydrogen-bond acceptors (Lipinski definition) is 3. The third-order valence-corrected chi connectivity index (χ3v) is 4.08. The van der Waals surface area contributed by atoms with Crippen LogP contribution in [0.1, 0.15) is 56.7 Å². The van der Waals surface area contributed by atoms with Gasteiger partial charge in [0.25, 0.3) is 0 Å². The van der Waals surface area contributed by atoms with E-state index in [4.69, 9.17) is 4.98 Å². The van der Waals surface area contributed by atoms with Gasteiger partial charge < -0.3 is 0 Å². The first kappa shape index (κ1) is 14.3. The molecular formula is C15H23N3S. The van der Waals surface area contributed by atoms with Gasteiger partial charge in [-0.2, -0.15) is 5.10 Å². The Labute approximate surface area is 119 Å². The van der Waals surface area contributed by atoms with Crippen LogP contribution in [0.4, 0.5) is 0 Å². The second-order valence-electron chi connectivity index (χ2n) is 5.87. The van der Waals surface area contributed by atoms with Crippen molar-refractivity contribution >= 4 is 11.3 Å². The number of hydrogen-bond donors (Lipinski definition) is 0. The molecule has 2 aromatic rings. The molecule has 0 aliphatic carbocycles. The maximum Gasteiger partial charge on any atom is 0.114 e. The Morgan fingerprint density at radius 3 is 2.47 bits per heavy atom. The Bertz CT molecular complexity index is 546. The predicted molar refractivity (Wildman–Crippen MR) is 80.9 cm³/mol. The largest absolute Gasteiger partial charge is 0.262 e. The van der Waals surface area contributed by atoms with Gasteiger partial charge >= 0.3 is 0 Å². The van der Waals surface area contributed by atoms with Crippen molar-refractivity contribution in [3.8, 4) is 0 Å². The van der Waals surface area contributed by atoms with E-state index in [0.29, 0.717) is 0 Å².